The van der Waals surface area contributed by atoms with Crippen LogP contribution in [0, 0.1) is 0 Å². The fourth-order valence-electron chi connectivity index (χ4n) is 3.07. The van der Waals surface area contributed by atoms with Crippen molar-refractivity contribution in [3.8, 4) is 11.5 Å². The summed E-state index contributed by atoms with van der Waals surface area (Å²) in [6.07, 6.45) is 1.51. The number of methoxy groups -OCH3 is 1. The van der Waals surface area contributed by atoms with Gasteiger partial charge in [0.05, 0.1) is 17.8 Å². The highest BCUT2D eigenvalue weighted by Crippen LogP contribution is 2.34. The number of amides is 1. The molecule has 4 rings (SSSR count). The van der Waals surface area contributed by atoms with E-state index in [2.05, 4.69) is 74.2 Å². The van der Waals surface area contributed by atoms with Crippen LogP contribution in [-0.4, -0.2) is 19.2 Å². The van der Waals surface area contributed by atoms with Crippen LogP contribution in [0.5, 0.6) is 11.5 Å². The lowest BCUT2D eigenvalue weighted by Crippen LogP contribution is -2.16. The first kappa shape index (κ1) is 25.0. The van der Waals surface area contributed by atoms with E-state index in [1.54, 1.807) is 25.3 Å². The second-order valence-electron chi connectivity index (χ2n) is 7.06. The van der Waals surface area contributed by atoms with Crippen molar-refractivity contribution in [3.63, 3.8) is 0 Å². The fourth-order valence-corrected chi connectivity index (χ4v) is 5.10. The van der Waals surface area contributed by atoms with Crippen molar-refractivity contribution < 1.29 is 18.7 Å². The average Bonchev–Trinajstić information content (AvgIpc) is 3.24. The van der Waals surface area contributed by atoms with Crippen LogP contribution >= 0.6 is 63.7 Å². The van der Waals surface area contributed by atoms with Crippen LogP contribution in [0.4, 0.5) is 0 Å². The molecule has 174 valence electrons. The maximum atomic E-state index is 12.5. The fraction of sp³-hybridized carbons (Fsp3) is 0.0833. The number of nitrogens with one attached hydrogen (secondary N) is 1. The van der Waals surface area contributed by atoms with Crippen molar-refractivity contribution >= 4 is 86.8 Å². The number of hydrogen-bond acceptors (Lipinski definition) is 5. The molecular formula is C24H16Br4N2O4. The van der Waals surface area contributed by atoms with Crippen LogP contribution in [0.3, 0.4) is 0 Å². The molecule has 3 aromatic carbocycles. The van der Waals surface area contributed by atoms with Gasteiger partial charge in [0.2, 0.25) is 0 Å². The minimum absolute atomic E-state index is 0.152. The number of carbonyl (C=O) groups excluding carboxylic acids is 1. The third kappa shape index (κ3) is 5.91. The molecule has 1 N–H and O–H groups in total. The predicted molar refractivity (Wildman–Crippen MR) is 146 cm³/mol. The van der Waals surface area contributed by atoms with E-state index in [1.165, 1.54) is 6.21 Å². The van der Waals surface area contributed by atoms with Crippen molar-refractivity contribution in [1.82, 2.24) is 5.43 Å². The summed E-state index contributed by atoms with van der Waals surface area (Å²) in [5.41, 5.74) is 4.80. The van der Waals surface area contributed by atoms with E-state index >= 15 is 0 Å². The number of furan rings is 1. The molecule has 1 aromatic heterocycles. The molecular weight excluding hydrogens is 700 g/mol. The number of ether oxygens (including phenoxy) is 2. The van der Waals surface area contributed by atoms with Crippen molar-refractivity contribution in [2.75, 3.05) is 7.11 Å². The first-order valence-electron chi connectivity index (χ1n) is 9.81. The summed E-state index contributed by atoms with van der Waals surface area (Å²) in [6.45, 7) is 0.393. The van der Waals surface area contributed by atoms with Gasteiger partial charge in [-0.15, -0.1) is 0 Å². The van der Waals surface area contributed by atoms with Gasteiger partial charge in [-0.05, 0) is 79.9 Å². The monoisotopic (exact) mass is 712 g/mol. The number of benzene rings is 3. The smallest absolute Gasteiger partial charge is 0.307 e. The number of carbonyl (C=O) groups is 1. The van der Waals surface area contributed by atoms with Crippen molar-refractivity contribution in [3.05, 3.63) is 89.4 Å². The molecule has 0 fully saturated rings. The number of halogens is 4. The molecule has 0 saturated heterocycles. The van der Waals surface area contributed by atoms with E-state index in [-0.39, 0.29) is 5.76 Å². The van der Waals surface area contributed by atoms with E-state index in [4.69, 9.17) is 13.9 Å². The number of hydrogen-bond donors (Lipinski definition) is 1. The van der Waals surface area contributed by atoms with E-state index in [0.717, 1.165) is 28.8 Å². The van der Waals surface area contributed by atoms with Crippen molar-refractivity contribution in [2.45, 2.75) is 6.61 Å². The summed E-state index contributed by atoms with van der Waals surface area (Å²) in [4.78, 5) is 12.5. The minimum Gasteiger partial charge on any atom is -0.493 e. The van der Waals surface area contributed by atoms with Gasteiger partial charge in [-0.1, -0.05) is 44.0 Å². The Labute approximate surface area is 229 Å². The lowest BCUT2D eigenvalue weighted by Gasteiger charge is -2.13. The minimum atomic E-state index is -0.465. The zero-order valence-corrected chi connectivity index (χ0v) is 23.9. The van der Waals surface area contributed by atoms with Crippen LogP contribution in [0.25, 0.3) is 11.0 Å². The van der Waals surface area contributed by atoms with Gasteiger partial charge in [0, 0.05) is 24.4 Å². The molecule has 0 spiro atoms. The Balaban J connectivity index is 1.45. The first-order chi connectivity index (χ1) is 16.3. The molecule has 0 radical (unpaired) electrons. The molecule has 0 saturated carbocycles. The summed E-state index contributed by atoms with van der Waals surface area (Å²) in [5, 5.41) is 4.85. The molecule has 1 heterocycles. The number of fused-ring (bicyclic) bond motifs is 1. The van der Waals surface area contributed by atoms with Gasteiger partial charge in [0.15, 0.2) is 17.3 Å². The van der Waals surface area contributed by atoms with E-state index in [9.17, 15) is 4.79 Å². The molecule has 1 amide bonds. The maximum Gasteiger partial charge on any atom is 0.307 e. The van der Waals surface area contributed by atoms with Crippen LogP contribution in [0.1, 0.15) is 21.7 Å². The summed E-state index contributed by atoms with van der Waals surface area (Å²) >= 11 is 13.8. The van der Waals surface area contributed by atoms with Gasteiger partial charge < -0.3 is 13.9 Å². The molecule has 6 nitrogen and oxygen atoms in total. The van der Waals surface area contributed by atoms with Gasteiger partial charge in [-0.25, -0.2) is 5.43 Å². The Morgan fingerprint density at radius 3 is 2.47 bits per heavy atom. The van der Waals surface area contributed by atoms with Crippen LogP contribution in [0.15, 0.2) is 82.0 Å². The highest BCUT2D eigenvalue weighted by Gasteiger charge is 2.15. The van der Waals surface area contributed by atoms with Gasteiger partial charge in [0.1, 0.15) is 12.2 Å². The molecule has 0 aliphatic heterocycles. The highest BCUT2D eigenvalue weighted by molar-refractivity contribution is 9.11. The standard InChI is InChI=1S/C24H16Br4N2O4/c1-32-20-8-15(18(27)10-21(20)33-12-13-2-4-16(25)5-3-13)11-29-30-24(31)22-7-14-6-17(26)9-19(28)23(14)34-22/h2-11H,12H2,1H3,(H,30,31)/b29-11-. The predicted octanol–water partition coefficient (Wildman–Crippen LogP) is 7.83. The van der Waals surface area contributed by atoms with Gasteiger partial charge in [-0.2, -0.15) is 5.10 Å². The molecule has 0 unspecified atom stereocenters. The van der Waals surface area contributed by atoms with Crippen LogP contribution in [0.2, 0.25) is 0 Å². The van der Waals surface area contributed by atoms with Gasteiger partial charge >= 0.3 is 5.91 Å². The molecule has 0 aliphatic carbocycles. The second-order valence-corrected chi connectivity index (χ2v) is 10.6. The van der Waals surface area contributed by atoms with Crippen LogP contribution < -0.4 is 14.9 Å². The number of hydrazone groups is 1. The Kier molecular flexibility index (Phi) is 8.13. The number of rotatable bonds is 7. The Morgan fingerprint density at radius 1 is 0.971 bits per heavy atom. The Morgan fingerprint density at radius 2 is 1.74 bits per heavy atom. The Hall–Kier alpha value is -2.14. The first-order valence-corrected chi connectivity index (χ1v) is 13.0. The van der Waals surface area contributed by atoms with Crippen molar-refractivity contribution in [1.29, 1.82) is 0 Å². The molecule has 4 aromatic rings. The summed E-state index contributed by atoms with van der Waals surface area (Å²) in [5.74, 6) is 0.811. The zero-order chi connectivity index (χ0) is 24.2. The highest BCUT2D eigenvalue weighted by atomic mass is 79.9. The average molecular weight is 716 g/mol. The second kappa shape index (κ2) is 11.1. The Bertz CT molecular complexity index is 1380. The van der Waals surface area contributed by atoms with Crippen molar-refractivity contribution in [2.24, 2.45) is 5.10 Å². The number of nitrogens with zero attached hydrogens (tertiary/aromatic N) is 1. The van der Waals surface area contributed by atoms with E-state index < -0.39 is 5.91 Å². The summed E-state index contributed by atoms with van der Waals surface area (Å²) in [6, 6.07) is 16.8. The van der Waals surface area contributed by atoms with Gasteiger partial charge in [-0.3, -0.25) is 4.79 Å². The SMILES string of the molecule is COc1cc(/C=N\NC(=O)c2cc3cc(Br)cc(Br)c3o2)c(Br)cc1OCc1ccc(Br)cc1. The normalized spacial score (nSPS) is 11.2. The zero-order valence-electron chi connectivity index (χ0n) is 17.6. The van der Waals surface area contributed by atoms with E-state index in [1.807, 2.05) is 36.4 Å². The summed E-state index contributed by atoms with van der Waals surface area (Å²) < 4.78 is 20.4. The topological polar surface area (TPSA) is 73.1 Å². The molecule has 0 aliphatic rings. The molecule has 0 atom stereocenters. The molecule has 10 heteroatoms. The van der Waals surface area contributed by atoms with Gasteiger partial charge in [0.25, 0.3) is 0 Å². The summed E-state index contributed by atoms with van der Waals surface area (Å²) in [7, 11) is 1.57. The quantitative estimate of drug-likeness (QED) is 0.156. The lowest BCUT2D eigenvalue weighted by atomic mass is 10.2. The van der Waals surface area contributed by atoms with E-state index in [0.29, 0.717) is 29.3 Å². The largest absolute Gasteiger partial charge is 0.493 e. The molecule has 34 heavy (non-hydrogen) atoms. The lowest BCUT2D eigenvalue weighted by molar-refractivity contribution is 0.0929. The molecule has 0 bridgehead atoms. The van der Waals surface area contributed by atoms with Crippen LogP contribution in [-0.2, 0) is 6.61 Å². The maximum absolute atomic E-state index is 12.5. The third-order valence-corrected chi connectivity index (χ3v) is 6.98. The third-order valence-electron chi connectivity index (χ3n) is 4.72.